The molecule has 1 fully saturated rings. The fourth-order valence-electron chi connectivity index (χ4n) is 11.8. The Hall–Kier alpha value is -9.32. The van der Waals surface area contributed by atoms with Crippen LogP contribution in [0.2, 0.25) is 0 Å². The molecule has 0 bridgehead atoms. The first-order valence-electron chi connectivity index (χ1n) is 27.3. The Labute approximate surface area is 473 Å². The molecular weight excluding hydrogens is 1000 g/mol. The lowest BCUT2D eigenvalue weighted by Crippen LogP contribution is -2.43. The Balaban J connectivity index is 1.00. The Bertz CT molecular complexity index is 3660. The molecule has 9 aromatic carbocycles. The van der Waals surface area contributed by atoms with E-state index in [1.54, 1.807) is 27.7 Å². The minimum atomic E-state index is -1.12. The highest BCUT2D eigenvalue weighted by molar-refractivity contribution is 5.72. The molecule has 3 atom stereocenters. The maximum atomic E-state index is 8.02. The summed E-state index contributed by atoms with van der Waals surface area (Å²) >= 11 is 0. The highest BCUT2D eigenvalue weighted by Gasteiger charge is 2.49. The predicted molar refractivity (Wildman–Crippen MR) is 317 cm³/mol. The molecule has 1 unspecified atom stereocenters. The molecule has 2 aromatic heterocycles. The summed E-state index contributed by atoms with van der Waals surface area (Å²) in [4.78, 5) is 5.02. The third-order valence-electron chi connectivity index (χ3n) is 15.8. The van der Waals surface area contributed by atoms with Crippen molar-refractivity contribution in [2.24, 2.45) is 0 Å². The number of hydrogen-bond acceptors (Lipinski definition) is 9. The molecule has 1 aliphatic heterocycles. The maximum Gasteiger partial charge on any atom is 0.155 e. The van der Waals surface area contributed by atoms with Crippen LogP contribution in [0.25, 0.3) is 5.52 Å². The summed E-state index contributed by atoms with van der Waals surface area (Å²) in [7, 11) is 5.05. The number of anilines is 1. The number of methoxy groups -OCH3 is 3. The first-order valence-corrected chi connectivity index (χ1v) is 27.3. The maximum absolute atomic E-state index is 8.02. The SMILES string of the molecule is COc1ccc(C(Nc2ncnn3c([C@H]4C[C@H](OC(c5ccccc5)(c5ccccc5)c5ccc(OC)cc5)C(COC(c5ccccc5)(c5ccccc5)c5ccc(OC)cc5)O4)ccc23)(c2ccccc2)c2ccccc2)cc1. The van der Waals surface area contributed by atoms with Gasteiger partial charge in [-0.1, -0.05) is 218 Å². The van der Waals surface area contributed by atoms with Crippen molar-refractivity contribution in [2.75, 3.05) is 33.3 Å². The number of nitrogens with one attached hydrogen (secondary N) is 1. The lowest BCUT2D eigenvalue weighted by atomic mass is 9.77. The summed E-state index contributed by atoms with van der Waals surface area (Å²) in [6.07, 6.45) is 0.336. The third-order valence-corrected chi connectivity index (χ3v) is 15.8. The number of benzene rings is 9. The van der Waals surface area contributed by atoms with E-state index in [0.717, 1.165) is 78.5 Å². The number of rotatable bonds is 20. The molecule has 12 rings (SSSR count). The van der Waals surface area contributed by atoms with Gasteiger partial charge in [-0.05, 0) is 98.6 Å². The van der Waals surface area contributed by atoms with E-state index in [9.17, 15) is 0 Å². The Kier molecular flexibility index (Phi) is 15.0. The summed E-state index contributed by atoms with van der Waals surface area (Å²) in [6, 6.07) is 91.3. The minimum absolute atomic E-state index is 0.128. The van der Waals surface area contributed by atoms with Gasteiger partial charge in [0.05, 0.1) is 39.7 Å². The highest BCUT2D eigenvalue weighted by atomic mass is 16.6. The number of fused-ring (bicyclic) bond motifs is 1. The quantitative estimate of drug-likeness (QED) is 0.0749. The first kappa shape index (κ1) is 52.4. The van der Waals surface area contributed by atoms with E-state index in [4.69, 9.17) is 38.5 Å². The van der Waals surface area contributed by atoms with E-state index in [1.807, 2.05) is 77.3 Å². The van der Waals surface area contributed by atoms with Crippen LogP contribution in [-0.4, -0.2) is 54.7 Å². The van der Waals surface area contributed by atoms with Gasteiger partial charge in [-0.2, -0.15) is 5.10 Å². The van der Waals surface area contributed by atoms with Crippen molar-refractivity contribution in [3.63, 3.8) is 0 Å². The number of hydrogen-bond donors (Lipinski definition) is 1. The number of aromatic nitrogens is 3. The van der Waals surface area contributed by atoms with Gasteiger partial charge >= 0.3 is 0 Å². The molecule has 0 saturated carbocycles. The van der Waals surface area contributed by atoms with Gasteiger partial charge in [0.1, 0.15) is 58.0 Å². The van der Waals surface area contributed by atoms with Crippen molar-refractivity contribution >= 4 is 11.3 Å². The van der Waals surface area contributed by atoms with Gasteiger partial charge in [-0.3, -0.25) is 0 Å². The van der Waals surface area contributed by atoms with Crippen molar-refractivity contribution in [1.82, 2.24) is 14.6 Å². The molecule has 0 amide bonds. The zero-order chi connectivity index (χ0) is 55.1. The minimum Gasteiger partial charge on any atom is -0.497 e. The molecule has 3 heterocycles. The Morgan fingerprint density at radius 1 is 0.444 bits per heavy atom. The van der Waals surface area contributed by atoms with Crippen molar-refractivity contribution < 1.29 is 28.4 Å². The van der Waals surface area contributed by atoms with Crippen LogP contribution < -0.4 is 19.5 Å². The molecule has 1 saturated heterocycles. The average Bonchev–Trinajstić information content (AvgIpc) is 4.19. The van der Waals surface area contributed by atoms with E-state index in [1.165, 1.54) is 0 Å². The van der Waals surface area contributed by atoms with E-state index in [2.05, 4.69) is 199 Å². The van der Waals surface area contributed by atoms with Crippen molar-refractivity contribution in [2.45, 2.75) is 41.5 Å². The summed E-state index contributed by atoms with van der Waals surface area (Å²) in [6.45, 7) is 0.128. The first-order chi connectivity index (χ1) is 40.0. The molecule has 0 radical (unpaired) electrons. The van der Waals surface area contributed by atoms with Crippen LogP contribution in [0.3, 0.4) is 0 Å². The van der Waals surface area contributed by atoms with E-state index < -0.39 is 35.1 Å². The molecule has 0 aliphatic carbocycles. The third kappa shape index (κ3) is 9.88. The van der Waals surface area contributed by atoms with Gasteiger partial charge < -0.3 is 33.7 Å². The van der Waals surface area contributed by atoms with E-state index in [-0.39, 0.29) is 6.61 Å². The fourth-order valence-corrected chi connectivity index (χ4v) is 11.8. The van der Waals surface area contributed by atoms with Gasteiger partial charge in [0.15, 0.2) is 5.82 Å². The molecule has 402 valence electrons. The van der Waals surface area contributed by atoms with Gasteiger partial charge in [0, 0.05) is 6.42 Å². The normalized spacial score (nSPS) is 15.5. The zero-order valence-corrected chi connectivity index (χ0v) is 45.4. The van der Waals surface area contributed by atoms with Crippen molar-refractivity contribution in [3.8, 4) is 17.2 Å². The Morgan fingerprint density at radius 3 is 1.25 bits per heavy atom. The van der Waals surface area contributed by atoms with Crippen LogP contribution >= 0.6 is 0 Å². The summed E-state index contributed by atoms with van der Waals surface area (Å²) in [5.41, 5.74) is 7.25. The summed E-state index contributed by atoms with van der Waals surface area (Å²) < 4.78 is 42.3. The van der Waals surface area contributed by atoms with Crippen LogP contribution in [0, 0.1) is 0 Å². The van der Waals surface area contributed by atoms with Gasteiger partial charge in [0.2, 0.25) is 0 Å². The van der Waals surface area contributed by atoms with Crippen LogP contribution in [0.4, 0.5) is 5.82 Å². The van der Waals surface area contributed by atoms with Crippen LogP contribution in [0.1, 0.15) is 68.3 Å². The van der Waals surface area contributed by atoms with Crippen LogP contribution in [-0.2, 0) is 31.0 Å². The van der Waals surface area contributed by atoms with Crippen molar-refractivity contribution in [3.05, 3.63) is 329 Å². The van der Waals surface area contributed by atoms with Gasteiger partial charge in [0.25, 0.3) is 0 Å². The molecule has 0 spiro atoms. The molecule has 81 heavy (non-hydrogen) atoms. The molecule has 1 N–H and O–H groups in total. The lowest BCUT2D eigenvalue weighted by molar-refractivity contribution is -0.121. The van der Waals surface area contributed by atoms with Gasteiger partial charge in [-0.25, -0.2) is 9.50 Å². The van der Waals surface area contributed by atoms with Gasteiger partial charge in [-0.15, -0.1) is 0 Å². The molecule has 10 heteroatoms. The summed E-state index contributed by atoms with van der Waals surface area (Å²) in [5, 5.41) is 9.01. The predicted octanol–water partition coefficient (Wildman–Crippen LogP) is 14.4. The summed E-state index contributed by atoms with van der Waals surface area (Å²) in [5.74, 6) is 2.88. The second-order valence-electron chi connectivity index (χ2n) is 20.1. The second kappa shape index (κ2) is 23.2. The average molecular weight is 1070 g/mol. The Morgan fingerprint density at radius 2 is 0.815 bits per heavy atom. The van der Waals surface area contributed by atoms with Crippen LogP contribution in [0.15, 0.2) is 273 Å². The van der Waals surface area contributed by atoms with E-state index in [0.29, 0.717) is 12.2 Å². The van der Waals surface area contributed by atoms with Crippen molar-refractivity contribution in [1.29, 1.82) is 0 Å². The molecule has 10 nitrogen and oxygen atoms in total. The largest absolute Gasteiger partial charge is 0.497 e. The standard InChI is InChI=1S/C71H62N4O6/c1-76-60-40-34-53(35-41-60)69(51-22-10-4-11-23-51,52-24-12-5-13-25-52)74-68-64-47-46-63(75(64)73-50-72-68)65-48-66(81-71(56-30-18-8-19-31-56,57-32-20-9-21-33-57)59-38-44-62(78-3)45-39-59)67(80-65)49-79-70(54-26-14-6-15-27-54,55-28-16-7-17-29-55)58-36-42-61(77-2)43-37-58/h4-47,50,65-67H,48-49H2,1-3H3,(H,72,73,74)/t65-,66+,67?/m1/s1. The smallest absolute Gasteiger partial charge is 0.155 e. The molecule has 1 aliphatic rings. The second-order valence-corrected chi connectivity index (χ2v) is 20.1. The topological polar surface area (TPSA) is 97.6 Å². The lowest BCUT2D eigenvalue weighted by Gasteiger charge is -2.40. The van der Waals surface area contributed by atoms with E-state index >= 15 is 0 Å². The fraction of sp³-hybridized carbons (Fsp3) is 0.155. The highest BCUT2D eigenvalue weighted by Crippen LogP contribution is 2.49. The number of ether oxygens (including phenoxy) is 6. The number of nitrogens with zero attached hydrogens (tertiary/aromatic N) is 3. The molecule has 11 aromatic rings. The van der Waals surface area contributed by atoms with Crippen LogP contribution in [0.5, 0.6) is 17.2 Å². The monoisotopic (exact) mass is 1070 g/mol. The zero-order valence-electron chi connectivity index (χ0n) is 45.4. The molecular formula is C71H62N4O6.